The predicted octanol–water partition coefficient (Wildman–Crippen LogP) is 2.22. The maximum absolute atomic E-state index is 13.1. The van der Waals surface area contributed by atoms with Gasteiger partial charge in [-0.05, 0) is 36.5 Å². The van der Waals surface area contributed by atoms with Crippen molar-refractivity contribution in [2.75, 3.05) is 19.7 Å². The van der Waals surface area contributed by atoms with Gasteiger partial charge in [0.25, 0.3) is 0 Å². The lowest BCUT2D eigenvalue weighted by Gasteiger charge is -2.70. The van der Waals surface area contributed by atoms with Crippen LogP contribution in [0.15, 0.2) is 65.6 Å². The van der Waals surface area contributed by atoms with Crippen LogP contribution in [0.2, 0.25) is 0 Å². The maximum Gasteiger partial charge on any atom is 0.243 e. The van der Waals surface area contributed by atoms with Gasteiger partial charge in [-0.25, -0.2) is 8.42 Å². The summed E-state index contributed by atoms with van der Waals surface area (Å²) >= 11 is 0. The Morgan fingerprint density at radius 1 is 1.00 bits per heavy atom. The summed E-state index contributed by atoms with van der Waals surface area (Å²) in [6.45, 7) is 0.399. The number of rotatable bonds is 6. The molecule has 3 aliphatic rings. The van der Waals surface area contributed by atoms with Crippen molar-refractivity contribution in [1.82, 2.24) is 9.21 Å². The first-order valence-corrected chi connectivity index (χ1v) is 11.9. The molecule has 2 aromatic rings. The highest BCUT2D eigenvalue weighted by atomic mass is 32.2. The number of hydrogen-bond acceptors (Lipinski definition) is 4. The van der Waals surface area contributed by atoms with Gasteiger partial charge in [0.1, 0.15) is 0 Å². The van der Waals surface area contributed by atoms with Crippen LogP contribution in [0.3, 0.4) is 0 Å². The quantitative estimate of drug-likeness (QED) is 0.768. The highest BCUT2D eigenvalue weighted by Crippen LogP contribution is 2.55. The van der Waals surface area contributed by atoms with Gasteiger partial charge < -0.3 is 10.0 Å². The van der Waals surface area contributed by atoms with Gasteiger partial charge in [-0.15, -0.1) is 0 Å². The van der Waals surface area contributed by atoms with E-state index in [1.807, 2.05) is 30.3 Å². The van der Waals surface area contributed by atoms with E-state index >= 15 is 0 Å². The highest BCUT2D eigenvalue weighted by Gasteiger charge is 2.69. The number of hydrogen-bond donors (Lipinski definition) is 1. The highest BCUT2D eigenvalue weighted by molar-refractivity contribution is 7.89. The molecule has 2 aliphatic heterocycles. The van der Waals surface area contributed by atoms with Gasteiger partial charge in [0, 0.05) is 25.4 Å². The Morgan fingerprint density at radius 3 is 2.17 bits per heavy atom. The van der Waals surface area contributed by atoms with Crippen molar-refractivity contribution >= 4 is 15.9 Å². The van der Waals surface area contributed by atoms with E-state index in [1.54, 1.807) is 35.2 Å². The Morgan fingerprint density at radius 2 is 1.60 bits per heavy atom. The second-order valence-corrected chi connectivity index (χ2v) is 10.7. The smallest absolute Gasteiger partial charge is 0.243 e. The van der Waals surface area contributed by atoms with Crippen LogP contribution in [0.25, 0.3) is 0 Å². The summed E-state index contributed by atoms with van der Waals surface area (Å²) in [5.41, 5.74) is 0.464. The van der Waals surface area contributed by atoms with E-state index in [0.717, 1.165) is 18.4 Å². The molecule has 1 spiro atoms. The van der Waals surface area contributed by atoms with Gasteiger partial charge in [-0.1, -0.05) is 48.5 Å². The lowest BCUT2D eigenvalue weighted by molar-refractivity contribution is -0.189. The molecule has 7 heteroatoms. The summed E-state index contributed by atoms with van der Waals surface area (Å²) < 4.78 is 27.6. The Labute approximate surface area is 177 Å². The van der Waals surface area contributed by atoms with Gasteiger partial charge >= 0.3 is 0 Å². The number of aliphatic hydroxyl groups excluding tert-OH is 1. The zero-order chi connectivity index (χ0) is 20.9. The molecule has 2 aromatic carbocycles. The monoisotopic (exact) mass is 426 g/mol. The minimum atomic E-state index is -3.61. The minimum Gasteiger partial charge on any atom is -0.394 e. The number of benzene rings is 2. The molecule has 0 radical (unpaired) electrons. The number of likely N-dealkylation sites (tertiary alicyclic amines) is 1. The van der Waals surface area contributed by atoms with E-state index in [-0.39, 0.29) is 42.5 Å². The summed E-state index contributed by atoms with van der Waals surface area (Å²) in [5, 5.41) is 10.1. The van der Waals surface area contributed by atoms with Crippen molar-refractivity contribution in [2.45, 2.75) is 41.7 Å². The maximum atomic E-state index is 13.1. The van der Waals surface area contributed by atoms with Crippen LogP contribution < -0.4 is 0 Å². The van der Waals surface area contributed by atoms with E-state index in [0.29, 0.717) is 12.3 Å². The van der Waals surface area contributed by atoms with Crippen molar-refractivity contribution in [3.8, 4) is 0 Å². The van der Waals surface area contributed by atoms with E-state index < -0.39 is 15.6 Å². The van der Waals surface area contributed by atoms with Crippen LogP contribution in [0.1, 0.15) is 30.7 Å². The van der Waals surface area contributed by atoms with Crippen LogP contribution in [0.5, 0.6) is 0 Å². The third kappa shape index (κ3) is 2.99. The second kappa shape index (κ2) is 7.18. The molecule has 1 amide bonds. The summed E-state index contributed by atoms with van der Waals surface area (Å²) in [4.78, 5) is 15.2. The van der Waals surface area contributed by atoms with Crippen LogP contribution in [0, 0.1) is 5.92 Å². The molecule has 158 valence electrons. The van der Waals surface area contributed by atoms with E-state index in [2.05, 4.69) is 0 Å². The van der Waals surface area contributed by atoms with Crippen LogP contribution in [-0.2, 0) is 14.8 Å². The SMILES string of the molecule is O=C(CC1CC1)N1[C@H](CO)[C@H](c2ccccc2)C12CN(S(=O)(=O)c1ccccc1)C2. The van der Waals surface area contributed by atoms with Crippen LogP contribution in [0.4, 0.5) is 0 Å². The van der Waals surface area contributed by atoms with Crippen molar-refractivity contribution < 1.29 is 18.3 Å². The Balaban J connectivity index is 1.46. The third-order valence-electron chi connectivity index (χ3n) is 6.83. The summed E-state index contributed by atoms with van der Waals surface area (Å²) in [5.74, 6) is 0.406. The zero-order valence-electron chi connectivity index (χ0n) is 16.7. The fourth-order valence-corrected chi connectivity index (χ4v) is 6.80. The Kier molecular flexibility index (Phi) is 4.72. The Bertz CT molecular complexity index is 1030. The van der Waals surface area contributed by atoms with Gasteiger partial charge in [0.15, 0.2) is 0 Å². The molecule has 0 aromatic heterocycles. The van der Waals surface area contributed by atoms with Crippen LogP contribution in [-0.4, -0.2) is 59.9 Å². The molecule has 6 nitrogen and oxygen atoms in total. The fourth-order valence-electron chi connectivity index (χ4n) is 5.21. The van der Waals surface area contributed by atoms with Crippen molar-refractivity contribution in [3.05, 3.63) is 66.2 Å². The molecule has 30 heavy (non-hydrogen) atoms. The molecule has 3 fully saturated rings. The standard InChI is InChI=1S/C23H26N2O4S/c26-14-20-22(18-7-3-1-4-8-18)23(25(20)21(27)13-17-11-12-17)15-24(16-23)30(28,29)19-9-5-2-6-10-19/h1-10,17,20,22,26H,11-16H2/t20-,22+/m1/s1. The number of carbonyl (C=O) groups excluding carboxylic acids is 1. The molecular weight excluding hydrogens is 400 g/mol. The van der Waals surface area contributed by atoms with Crippen molar-refractivity contribution in [3.63, 3.8) is 0 Å². The molecule has 1 aliphatic carbocycles. The van der Waals surface area contributed by atoms with Gasteiger partial charge in [-0.3, -0.25) is 4.79 Å². The zero-order valence-corrected chi connectivity index (χ0v) is 17.5. The first-order chi connectivity index (χ1) is 14.5. The normalized spacial score (nSPS) is 25.6. The average molecular weight is 427 g/mol. The number of carbonyl (C=O) groups is 1. The van der Waals surface area contributed by atoms with E-state index in [1.165, 1.54) is 4.31 Å². The largest absolute Gasteiger partial charge is 0.394 e. The molecule has 2 atom stereocenters. The summed E-state index contributed by atoms with van der Waals surface area (Å²) in [6.07, 6.45) is 2.64. The second-order valence-electron chi connectivity index (χ2n) is 8.74. The molecular formula is C23H26N2O4S. The number of amides is 1. The molecule has 5 rings (SSSR count). The molecule has 0 bridgehead atoms. The summed E-state index contributed by atoms with van der Waals surface area (Å²) in [7, 11) is -3.61. The molecule has 2 saturated heterocycles. The van der Waals surface area contributed by atoms with E-state index in [9.17, 15) is 18.3 Å². The number of nitrogens with zero attached hydrogens (tertiary/aromatic N) is 2. The number of aliphatic hydroxyl groups is 1. The van der Waals surface area contributed by atoms with Crippen molar-refractivity contribution in [1.29, 1.82) is 0 Å². The summed E-state index contributed by atoms with van der Waals surface area (Å²) in [6, 6.07) is 18.0. The molecule has 1 N–H and O–H groups in total. The van der Waals surface area contributed by atoms with Gasteiger partial charge in [0.05, 0.1) is 23.1 Å². The third-order valence-corrected chi connectivity index (χ3v) is 8.64. The van der Waals surface area contributed by atoms with Crippen molar-refractivity contribution in [2.24, 2.45) is 5.92 Å². The Hall–Kier alpha value is -2.22. The molecule has 2 heterocycles. The van der Waals surface area contributed by atoms with Crippen LogP contribution >= 0.6 is 0 Å². The predicted molar refractivity (Wildman–Crippen MR) is 112 cm³/mol. The lowest BCUT2D eigenvalue weighted by Crippen LogP contribution is -2.85. The number of sulfonamides is 1. The molecule has 0 unspecified atom stereocenters. The van der Waals surface area contributed by atoms with Gasteiger partial charge in [0.2, 0.25) is 15.9 Å². The topological polar surface area (TPSA) is 77.9 Å². The minimum absolute atomic E-state index is 0.0421. The van der Waals surface area contributed by atoms with E-state index in [4.69, 9.17) is 0 Å². The fraction of sp³-hybridized carbons (Fsp3) is 0.435. The molecule has 1 saturated carbocycles. The lowest BCUT2D eigenvalue weighted by atomic mass is 9.61. The average Bonchev–Trinajstić information content (AvgIpc) is 3.51. The first kappa shape index (κ1) is 19.7. The first-order valence-electron chi connectivity index (χ1n) is 10.5. The van der Waals surface area contributed by atoms with Gasteiger partial charge in [-0.2, -0.15) is 4.31 Å².